The Hall–Kier alpha value is -5.45. The van der Waals surface area contributed by atoms with Crippen molar-refractivity contribution in [1.82, 2.24) is 4.90 Å². The van der Waals surface area contributed by atoms with E-state index in [9.17, 15) is 14.7 Å². The van der Waals surface area contributed by atoms with Gasteiger partial charge in [0.2, 0.25) is 0 Å². The van der Waals surface area contributed by atoms with E-state index < -0.39 is 36.2 Å². The third-order valence-corrected chi connectivity index (χ3v) is 8.50. The van der Waals surface area contributed by atoms with Crippen molar-refractivity contribution in [3.05, 3.63) is 179 Å². The number of amides is 2. The standard InChI is InChI=1S/C42H40N2O7/c45-38(30-48-26-31-15-5-1-6-16-31)40(50-28-33-19-9-3-10-20-33)39(49-27-32-17-7-2-8-18-32)37(25-43-51-29-34-21-11-4-12-22-34)44-41(46)35-23-13-14-24-36(35)42(44)47/h1-25,37-40,45H,26-30H2/b43-25+/t37-,38+,39+,40+/m0/s1. The molecule has 9 nitrogen and oxygen atoms in total. The number of carbonyl (C=O) groups is 2. The monoisotopic (exact) mass is 684 g/mol. The highest BCUT2D eigenvalue weighted by atomic mass is 16.6. The molecule has 51 heavy (non-hydrogen) atoms. The van der Waals surface area contributed by atoms with E-state index in [1.165, 1.54) is 6.21 Å². The second-order valence-corrected chi connectivity index (χ2v) is 12.1. The zero-order valence-electron chi connectivity index (χ0n) is 28.1. The highest BCUT2D eigenvalue weighted by Crippen LogP contribution is 2.29. The van der Waals surface area contributed by atoms with Gasteiger partial charge in [0, 0.05) is 0 Å². The third kappa shape index (κ3) is 9.42. The fourth-order valence-corrected chi connectivity index (χ4v) is 5.88. The number of fused-ring (bicyclic) bond motifs is 1. The van der Waals surface area contributed by atoms with Crippen molar-refractivity contribution in [3.8, 4) is 0 Å². The van der Waals surface area contributed by atoms with Crippen LogP contribution in [0.25, 0.3) is 0 Å². The molecule has 6 rings (SSSR count). The minimum absolute atomic E-state index is 0.0900. The van der Waals surface area contributed by atoms with Gasteiger partial charge in [-0.2, -0.15) is 0 Å². The second kappa shape index (κ2) is 18.0. The minimum Gasteiger partial charge on any atom is -0.391 e. The summed E-state index contributed by atoms with van der Waals surface area (Å²) in [7, 11) is 0. The number of rotatable bonds is 18. The maximum absolute atomic E-state index is 14.0. The van der Waals surface area contributed by atoms with E-state index in [0.717, 1.165) is 27.2 Å². The van der Waals surface area contributed by atoms with Crippen LogP contribution in [0.2, 0.25) is 0 Å². The SMILES string of the molecule is O=C1c2ccccc2C(=O)N1[C@@H](/C=N/OCc1ccccc1)[C@@H](OCc1ccccc1)[C@H](OCc1ccccc1)[C@H](O)COCc1ccccc1. The fourth-order valence-electron chi connectivity index (χ4n) is 5.88. The number of carbonyl (C=O) groups excluding carboxylic acids is 2. The summed E-state index contributed by atoms with van der Waals surface area (Å²) in [5, 5.41) is 16.1. The lowest BCUT2D eigenvalue weighted by atomic mass is 9.99. The maximum Gasteiger partial charge on any atom is 0.262 e. The first-order chi connectivity index (χ1) is 25.1. The van der Waals surface area contributed by atoms with Gasteiger partial charge in [-0.1, -0.05) is 139 Å². The predicted molar refractivity (Wildman–Crippen MR) is 193 cm³/mol. The molecule has 1 heterocycles. The molecule has 0 aromatic heterocycles. The zero-order valence-corrected chi connectivity index (χ0v) is 28.1. The topological polar surface area (TPSA) is 107 Å². The van der Waals surface area contributed by atoms with Crippen LogP contribution in [0.3, 0.4) is 0 Å². The molecular weight excluding hydrogens is 644 g/mol. The first kappa shape index (κ1) is 35.4. The van der Waals surface area contributed by atoms with Gasteiger partial charge in [0.25, 0.3) is 11.8 Å². The number of nitrogens with zero attached hydrogens (tertiary/aromatic N) is 2. The molecule has 0 bridgehead atoms. The lowest BCUT2D eigenvalue weighted by Crippen LogP contribution is -2.57. The number of imide groups is 1. The van der Waals surface area contributed by atoms with Gasteiger partial charge in [0.05, 0.1) is 43.8 Å². The van der Waals surface area contributed by atoms with Crippen LogP contribution in [-0.2, 0) is 45.5 Å². The molecule has 0 aliphatic carbocycles. The van der Waals surface area contributed by atoms with Crippen LogP contribution in [0, 0.1) is 0 Å². The molecule has 5 aromatic rings. The summed E-state index contributed by atoms with van der Waals surface area (Å²) in [6.45, 7) is 0.507. The van der Waals surface area contributed by atoms with E-state index in [1.54, 1.807) is 24.3 Å². The fraction of sp³-hybridized carbons (Fsp3) is 0.214. The number of aliphatic hydroxyl groups excluding tert-OH is 1. The van der Waals surface area contributed by atoms with Gasteiger partial charge in [-0.05, 0) is 34.4 Å². The maximum atomic E-state index is 14.0. The molecule has 1 aliphatic heterocycles. The largest absolute Gasteiger partial charge is 0.391 e. The van der Waals surface area contributed by atoms with Crippen molar-refractivity contribution in [2.24, 2.45) is 5.16 Å². The molecule has 0 fully saturated rings. The van der Waals surface area contributed by atoms with E-state index >= 15 is 0 Å². The Morgan fingerprint density at radius 1 is 0.549 bits per heavy atom. The molecule has 0 radical (unpaired) electrons. The van der Waals surface area contributed by atoms with E-state index in [1.807, 2.05) is 121 Å². The number of hydrogen-bond donors (Lipinski definition) is 1. The summed E-state index contributed by atoms with van der Waals surface area (Å²) in [6, 6.07) is 43.7. The Labute approximate surface area is 297 Å². The number of ether oxygens (including phenoxy) is 3. The molecule has 260 valence electrons. The third-order valence-electron chi connectivity index (χ3n) is 8.50. The quantitative estimate of drug-likeness (QED) is 0.0630. The van der Waals surface area contributed by atoms with Crippen LogP contribution in [0.15, 0.2) is 151 Å². The molecule has 9 heteroatoms. The lowest BCUT2D eigenvalue weighted by molar-refractivity contribution is -0.155. The molecule has 1 aliphatic rings. The molecular formula is C42H40N2O7. The van der Waals surface area contributed by atoms with Crippen molar-refractivity contribution in [1.29, 1.82) is 0 Å². The van der Waals surface area contributed by atoms with Gasteiger partial charge in [-0.15, -0.1) is 0 Å². The highest BCUT2D eigenvalue weighted by molar-refractivity contribution is 6.22. The summed E-state index contributed by atoms with van der Waals surface area (Å²) in [6.07, 6.45) is -2.07. The highest BCUT2D eigenvalue weighted by Gasteiger charge is 2.47. The predicted octanol–water partition coefficient (Wildman–Crippen LogP) is 6.60. The summed E-state index contributed by atoms with van der Waals surface area (Å²) < 4.78 is 19.1. The van der Waals surface area contributed by atoms with Crippen molar-refractivity contribution >= 4 is 18.0 Å². The molecule has 1 N–H and O–H groups in total. The van der Waals surface area contributed by atoms with Crippen LogP contribution < -0.4 is 0 Å². The number of hydrogen-bond acceptors (Lipinski definition) is 8. The first-order valence-corrected chi connectivity index (χ1v) is 16.9. The normalized spacial score (nSPS) is 15.0. The molecule has 0 spiro atoms. The van der Waals surface area contributed by atoms with Crippen molar-refractivity contribution in [3.63, 3.8) is 0 Å². The lowest BCUT2D eigenvalue weighted by Gasteiger charge is -2.37. The second-order valence-electron chi connectivity index (χ2n) is 12.1. The first-order valence-electron chi connectivity index (χ1n) is 16.9. The van der Waals surface area contributed by atoms with E-state index in [2.05, 4.69) is 5.16 Å². The van der Waals surface area contributed by atoms with Crippen LogP contribution in [0.5, 0.6) is 0 Å². The van der Waals surface area contributed by atoms with Gasteiger partial charge in [0.1, 0.15) is 31.0 Å². The Kier molecular flexibility index (Phi) is 12.5. The van der Waals surface area contributed by atoms with Crippen molar-refractivity contribution < 1.29 is 33.7 Å². The zero-order chi connectivity index (χ0) is 35.3. The van der Waals surface area contributed by atoms with Gasteiger partial charge >= 0.3 is 0 Å². The smallest absolute Gasteiger partial charge is 0.262 e. The van der Waals surface area contributed by atoms with E-state index in [0.29, 0.717) is 0 Å². The number of benzene rings is 5. The van der Waals surface area contributed by atoms with Crippen LogP contribution >= 0.6 is 0 Å². The Bertz CT molecular complexity index is 1820. The van der Waals surface area contributed by atoms with Gasteiger partial charge < -0.3 is 24.2 Å². The van der Waals surface area contributed by atoms with Crippen LogP contribution in [-0.4, -0.2) is 59.0 Å². The summed E-state index contributed by atoms with van der Waals surface area (Å²) in [4.78, 5) is 34.8. The Morgan fingerprint density at radius 2 is 0.961 bits per heavy atom. The van der Waals surface area contributed by atoms with Crippen LogP contribution in [0.4, 0.5) is 0 Å². The van der Waals surface area contributed by atoms with Crippen molar-refractivity contribution in [2.45, 2.75) is 50.8 Å². The molecule has 0 saturated carbocycles. The number of aliphatic hydroxyl groups is 1. The molecule has 5 aromatic carbocycles. The van der Waals surface area contributed by atoms with E-state index in [-0.39, 0.29) is 44.2 Å². The molecule has 2 amide bonds. The summed E-state index contributed by atoms with van der Waals surface area (Å²) >= 11 is 0. The van der Waals surface area contributed by atoms with Crippen LogP contribution in [0.1, 0.15) is 43.0 Å². The molecule has 4 atom stereocenters. The van der Waals surface area contributed by atoms with Crippen molar-refractivity contribution in [2.75, 3.05) is 6.61 Å². The van der Waals surface area contributed by atoms with Gasteiger partial charge in [-0.3, -0.25) is 14.5 Å². The number of oxime groups is 1. The summed E-state index contributed by atoms with van der Waals surface area (Å²) in [5.41, 5.74) is 4.06. The van der Waals surface area contributed by atoms with Gasteiger partial charge in [-0.25, -0.2) is 0 Å². The minimum atomic E-state index is -1.24. The average molecular weight is 685 g/mol. The molecule has 0 saturated heterocycles. The Balaban J connectivity index is 1.35. The average Bonchev–Trinajstić information content (AvgIpc) is 3.43. The summed E-state index contributed by atoms with van der Waals surface area (Å²) in [5.74, 6) is -1.03. The Morgan fingerprint density at radius 3 is 1.45 bits per heavy atom. The molecule has 0 unspecified atom stereocenters. The van der Waals surface area contributed by atoms with E-state index in [4.69, 9.17) is 19.0 Å². The van der Waals surface area contributed by atoms with Gasteiger partial charge in [0.15, 0.2) is 0 Å².